The summed E-state index contributed by atoms with van der Waals surface area (Å²) in [5.41, 5.74) is 2.55. The van der Waals surface area contributed by atoms with Crippen molar-refractivity contribution in [2.45, 2.75) is 6.42 Å². The number of hydrogen-bond donors (Lipinski definition) is 2. The maximum Gasteiger partial charge on any atom is 0.274 e. The number of nitrogens with zero attached hydrogens (tertiary/aromatic N) is 1. The van der Waals surface area contributed by atoms with E-state index < -0.39 is 0 Å². The van der Waals surface area contributed by atoms with Gasteiger partial charge in [-0.3, -0.25) is 4.79 Å². The van der Waals surface area contributed by atoms with Crippen molar-refractivity contribution in [3.05, 3.63) is 46.7 Å². The van der Waals surface area contributed by atoms with E-state index in [1.165, 1.54) is 0 Å². The number of fused-ring (bicyclic) bond motifs is 1. The number of rotatable bonds is 1. The lowest BCUT2D eigenvalue weighted by atomic mass is 10.2. The summed E-state index contributed by atoms with van der Waals surface area (Å²) in [5.74, 6) is 0.00171. The standard InChI is InChI=1S/C14H14BrN3O/c15-10-8-12(17-9-10)14(19)18-7-3-6-16-11-4-1-2-5-13(11)18/h1-2,4-5,8-9,16-17H,3,6-7H2. The zero-order chi connectivity index (χ0) is 13.2. The predicted molar refractivity (Wildman–Crippen MR) is 79.7 cm³/mol. The molecule has 4 nitrogen and oxygen atoms in total. The molecule has 0 saturated carbocycles. The maximum atomic E-state index is 12.6. The van der Waals surface area contributed by atoms with Gasteiger partial charge in [0.05, 0.1) is 11.4 Å². The molecule has 1 aromatic carbocycles. The first kappa shape index (κ1) is 12.3. The van der Waals surface area contributed by atoms with Gasteiger partial charge in [0.25, 0.3) is 5.91 Å². The number of carbonyl (C=O) groups is 1. The number of amides is 1. The van der Waals surface area contributed by atoms with E-state index >= 15 is 0 Å². The minimum Gasteiger partial charge on any atom is -0.383 e. The van der Waals surface area contributed by atoms with Crippen LogP contribution in [0.3, 0.4) is 0 Å². The van der Waals surface area contributed by atoms with Gasteiger partial charge in [-0.2, -0.15) is 0 Å². The van der Waals surface area contributed by atoms with Crippen molar-refractivity contribution < 1.29 is 4.79 Å². The summed E-state index contributed by atoms with van der Waals surface area (Å²) < 4.78 is 0.886. The molecule has 0 saturated heterocycles. The quantitative estimate of drug-likeness (QED) is 0.847. The van der Waals surface area contributed by atoms with Crippen LogP contribution in [-0.2, 0) is 0 Å². The van der Waals surface area contributed by atoms with E-state index in [0.717, 1.165) is 35.4 Å². The van der Waals surface area contributed by atoms with Crippen LogP contribution in [-0.4, -0.2) is 24.0 Å². The van der Waals surface area contributed by atoms with Crippen molar-refractivity contribution in [1.82, 2.24) is 4.98 Å². The monoisotopic (exact) mass is 319 g/mol. The second kappa shape index (κ2) is 5.09. The molecule has 0 radical (unpaired) electrons. The van der Waals surface area contributed by atoms with Crippen LogP contribution in [0, 0.1) is 0 Å². The van der Waals surface area contributed by atoms with Crippen molar-refractivity contribution in [3.63, 3.8) is 0 Å². The molecule has 0 atom stereocenters. The first-order chi connectivity index (χ1) is 9.25. The molecule has 98 valence electrons. The Morgan fingerprint density at radius 3 is 2.95 bits per heavy atom. The Morgan fingerprint density at radius 1 is 1.32 bits per heavy atom. The van der Waals surface area contributed by atoms with Gasteiger partial charge in [0, 0.05) is 23.8 Å². The molecule has 1 amide bonds. The fourth-order valence-electron chi connectivity index (χ4n) is 2.29. The van der Waals surface area contributed by atoms with Crippen LogP contribution in [0.5, 0.6) is 0 Å². The van der Waals surface area contributed by atoms with E-state index in [-0.39, 0.29) is 5.91 Å². The average molecular weight is 320 g/mol. The summed E-state index contributed by atoms with van der Waals surface area (Å²) in [4.78, 5) is 17.4. The number of aromatic nitrogens is 1. The number of nitrogens with one attached hydrogen (secondary N) is 2. The minimum absolute atomic E-state index is 0.00171. The third-order valence-corrected chi connectivity index (χ3v) is 3.65. The highest BCUT2D eigenvalue weighted by atomic mass is 79.9. The molecule has 19 heavy (non-hydrogen) atoms. The molecule has 0 fully saturated rings. The number of anilines is 2. The van der Waals surface area contributed by atoms with Gasteiger partial charge in [0.15, 0.2) is 0 Å². The Bertz CT molecular complexity index is 608. The second-order valence-corrected chi connectivity index (χ2v) is 5.40. The van der Waals surface area contributed by atoms with Crippen molar-refractivity contribution in [2.75, 3.05) is 23.3 Å². The Hall–Kier alpha value is -1.75. The van der Waals surface area contributed by atoms with Crippen LogP contribution in [0.4, 0.5) is 11.4 Å². The molecule has 2 heterocycles. The average Bonchev–Trinajstić information content (AvgIpc) is 2.74. The fourth-order valence-corrected chi connectivity index (χ4v) is 2.63. The summed E-state index contributed by atoms with van der Waals surface area (Å²) in [6.45, 7) is 1.61. The third kappa shape index (κ3) is 2.38. The lowest BCUT2D eigenvalue weighted by Crippen LogP contribution is -2.31. The van der Waals surface area contributed by atoms with Crippen molar-refractivity contribution in [3.8, 4) is 0 Å². The summed E-state index contributed by atoms with van der Waals surface area (Å²) >= 11 is 3.36. The van der Waals surface area contributed by atoms with Gasteiger partial charge in [-0.05, 0) is 40.5 Å². The molecule has 0 aliphatic carbocycles. The summed E-state index contributed by atoms with van der Waals surface area (Å²) in [5, 5.41) is 3.35. The summed E-state index contributed by atoms with van der Waals surface area (Å²) in [7, 11) is 0. The van der Waals surface area contributed by atoms with Gasteiger partial charge in [0.2, 0.25) is 0 Å². The van der Waals surface area contributed by atoms with Crippen LogP contribution in [0.1, 0.15) is 16.9 Å². The van der Waals surface area contributed by atoms with E-state index in [4.69, 9.17) is 0 Å². The summed E-state index contributed by atoms with van der Waals surface area (Å²) in [6, 6.07) is 9.72. The molecule has 1 aliphatic rings. The van der Waals surface area contributed by atoms with Crippen LogP contribution < -0.4 is 10.2 Å². The SMILES string of the molecule is O=C(c1cc(Br)c[nH]1)N1CCCNc2ccccc21. The number of hydrogen-bond acceptors (Lipinski definition) is 2. The van der Waals surface area contributed by atoms with Crippen LogP contribution in [0.15, 0.2) is 41.0 Å². The number of benzene rings is 1. The van der Waals surface area contributed by atoms with Crippen LogP contribution in [0.25, 0.3) is 0 Å². The first-order valence-corrected chi connectivity index (χ1v) is 7.04. The maximum absolute atomic E-state index is 12.6. The normalized spacial score (nSPS) is 14.5. The van der Waals surface area contributed by atoms with E-state index in [0.29, 0.717) is 5.69 Å². The Kier molecular flexibility index (Phi) is 3.29. The van der Waals surface area contributed by atoms with Gasteiger partial charge in [-0.1, -0.05) is 12.1 Å². The van der Waals surface area contributed by atoms with E-state index in [1.807, 2.05) is 35.2 Å². The van der Waals surface area contributed by atoms with Crippen molar-refractivity contribution in [2.24, 2.45) is 0 Å². The van der Waals surface area contributed by atoms with Gasteiger partial charge >= 0.3 is 0 Å². The zero-order valence-corrected chi connectivity index (χ0v) is 11.9. The van der Waals surface area contributed by atoms with E-state index in [1.54, 1.807) is 6.20 Å². The van der Waals surface area contributed by atoms with Crippen LogP contribution in [0.2, 0.25) is 0 Å². The molecule has 0 bridgehead atoms. The number of para-hydroxylation sites is 2. The Balaban J connectivity index is 1.98. The highest BCUT2D eigenvalue weighted by Crippen LogP contribution is 2.29. The minimum atomic E-state index is 0.00171. The summed E-state index contributed by atoms with van der Waals surface area (Å²) in [6.07, 6.45) is 2.71. The molecule has 1 aliphatic heterocycles. The fraction of sp³-hybridized carbons (Fsp3) is 0.214. The van der Waals surface area contributed by atoms with Gasteiger partial charge in [0.1, 0.15) is 5.69 Å². The highest BCUT2D eigenvalue weighted by Gasteiger charge is 2.22. The lowest BCUT2D eigenvalue weighted by molar-refractivity contribution is 0.0983. The number of H-pyrrole nitrogens is 1. The second-order valence-electron chi connectivity index (χ2n) is 4.49. The zero-order valence-electron chi connectivity index (χ0n) is 10.3. The Labute approximate surface area is 119 Å². The molecule has 2 aromatic rings. The topological polar surface area (TPSA) is 48.1 Å². The van der Waals surface area contributed by atoms with E-state index in [9.17, 15) is 4.79 Å². The molecule has 1 aromatic heterocycles. The van der Waals surface area contributed by atoms with Crippen molar-refractivity contribution in [1.29, 1.82) is 0 Å². The van der Waals surface area contributed by atoms with Gasteiger partial charge < -0.3 is 15.2 Å². The Morgan fingerprint density at radius 2 is 2.16 bits per heavy atom. The molecule has 5 heteroatoms. The van der Waals surface area contributed by atoms with Gasteiger partial charge in [-0.15, -0.1) is 0 Å². The third-order valence-electron chi connectivity index (χ3n) is 3.19. The molecule has 3 rings (SSSR count). The molecule has 2 N–H and O–H groups in total. The largest absolute Gasteiger partial charge is 0.383 e. The predicted octanol–water partition coefficient (Wildman–Crippen LogP) is 3.24. The molecule has 0 unspecified atom stereocenters. The van der Waals surface area contributed by atoms with Gasteiger partial charge in [-0.25, -0.2) is 0 Å². The number of aromatic amines is 1. The molecular formula is C14H14BrN3O. The highest BCUT2D eigenvalue weighted by molar-refractivity contribution is 9.10. The van der Waals surface area contributed by atoms with E-state index in [2.05, 4.69) is 26.2 Å². The number of halogens is 1. The lowest BCUT2D eigenvalue weighted by Gasteiger charge is -2.21. The molecular weight excluding hydrogens is 306 g/mol. The molecule has 0 spiro atoms. The smallest absolute Gasteiger partial charge is 0.274 e. The number of carbonyl (C=O) groups excluding carboxylic acids is 1. The van der Waals surface area contributed by atoms with Crippen LogP contribution >= 0.6 is 15.9 Å². The van der Waals surface area contributed by atoms with Crippen molar-refractivity contribution >= 4 is 33.2 Å². The first-order valence-electron chi connectivity index (χ1n) is 6.24.